The Labute approximate surface area is 146 Å². The van der Waals surface area contributed by atoms with Gasteiger partial charge in [-0.1, -0.05) is 0 Å². The first-order valence-corrected chi connectivity index (χ1v) is 7.27. The summed E-state index contributed by atoms with van der Waals surface area (Å²) in [6.45, 7) is 6.78. The van der Waals surface area contributed by atoms with Crippen molar-refractivity contribution in [2.75, 3.05) is 5.32 Å². The molecule has 2 aromatic heterocycles. The minimum Gasteiger partial charge on any atom is -0.329 e. The van der Waals surface area contributed by atoms with E-state index in [9.17, 15) is 4.79 Å². The third-order valence-corrected chi connectivity index (χ3v) is 3.24. The lowest BCUT2D eigenvalue weighted by molar-refractivity contribution is -0.122. The summed E-state index contributed by atoms with van der Waals surface area (Å²) in [5.41, 5.74) is 7.96. The summed E-state index contributed by atoms with van der Waals surface area (Å²) in [7, 11) is 0. The maximum Gasteiger partial charge on any atom is 0.260 e. The average molecular weight is 358 g/mol. The van der Waals surface area contributed by atoms with Gasteiger partial charge in [0.05, 0.1) is 23.8 Å². The lowest BCUT2D eigenvalue weighted by atomic mass is 10.4. The number of amides is 1. The van der Waals surface area contributed by atoms with Gasteiger partial charge < -0.3 is 5.32 Å². The summed E-state index contributed by atoms with van der Waals surface area (Å²) in [6.07, 6.45) is 5.18. The molecule has 0 aromatic carbocycles. The molecule has 8 nitrogen and oxygen atoms in total. The Morgan fingerprint density at radius 1 is 1.26 bits per heavy atom. The molecular formula is C13H20ClN7OS. The molecule has 0 spiro atoms. The van der Waals surface area contributed by atoms with E-state index in [1.165, 1.54) is 0 Å². The highest BCUT2D eigenvalue weighted by atomic mass is 35.5. The molecule has 2 heterocycles. The third-order valence-electron chi connectivity index (χ3n) is 3.03. The van der Waals surface area contributed by atoms with Gasteiger partial charge in [-0.3, -0.25) is 25.0 Å². The second kappa shape index (κ2) is 8.49. The Hall–Kier alpha value is -2.13. The summed E-state index contributed by atoms with van der Waals surface area (Å²) >= 11 is 5.13. The summed E-state index contributed by atoms with van der Waals surface area (Å²) in [4.78, 5) is 11.8. The summed E-state index contributed by atoms with van der Waals surface area (Å²) in [6, 6.07) is 0. The van der Waals surface area contributed by atoms with Gasteiger partial charge in [0, 0.05) is 12.7 Å². The Bertz CT molecular complexity index is 682. The Kier molecular flexibility index (Phi) is 6.98. The Morgan fingerprint density at radius 3 is 2.57 bits per heavy atom. The average Bonchev–Trinajstić information content (AvgIpc) is 3.03. The first kappa shape index (κ1) is 18.9. The highest BCUT2D eigenvalue weighted by Gasteiger charge is 2.08. The maximum absolute atomic E-state index is 11.8. The molecule has 0 radical (unpaired) electrons. The van der Waals surface area contributed by atoms with Crippen molar-refractivity contribution in [1.29, 1.82) is 0 Å². The molecule has 2 aromatic rings. The van der Waals surface area contributed by atoms with Crippen LogP contribution in [0.2, 0.25) is 0 Å². The quantitative estimate of drug-likeness (QED) is 0.562. The molecule has 0 saturated carbocycles. The number of nitrogens with zero attached hydrogens (tertiary/aromatic N) is 4. The molecule has 1 amide bonds. The van der Waals surface area contributed by atoms with Crippen LogP contribution in [-0.2, 0) is 17.9 Å². The normalized spacial score (nSPS) is 9.87. The van der Waals surface area contributed by atoms with E-state index in [0.717, 1.165) is 23.5 Å². The third kappa shape index (κ3) is 5.22. The predicted molar refractivity (Wildman–Crippen MR) is 94.3 cm³/mol. The van der Waals surface area contributed by atoms with Gasteiger partial charge in [0.2, 0.25) is 0 Å². The minimum atomic E-state index is -0.242. The van der Waals surface area contributed by atoms with E-state index >= 15 is 0 Å². The molecule has 126 valence electrons. The standard InChI is InChI=1S/C13H19N7OS.ClH/c1-4-20-10(3)11(6-15-20)16-13(22)18-17-12(21)8-19-7-9(2)5-14-19;/h5-7H,4,8H2,1-3H3,(H,17,21)(H2,16,18,22);1H. The monoisotopic (exact) mass is 357 g/mol. The van der Waals surface area contributed by atoms with Gasteiger partial charge in [-0.15, -0.1) is 12.4 Å². The summed E-state index contributed by atoms with van der Waals surface area (Å²) in [5.74, 6) is -0.242. The van der Waals surface area contributed by atoms with Crippen LogP contribution in [0.25, 0.3) is 0 Å². The largest absolute Gasteiger partial charge is 0.329 e. The van der Waals surface area contributed by atoms with Gasteiger partial charge in [-0.05, 0) is 38.6 Å². The molecule has 0 aliphatic heterocycles. The van der Waals surface area contributed by atoms with E-state index < -0.39 is 0 Å². The topological polar surface area (TPSA) is 88.8 Å². The minimum absolute atomic E-state index is 0. The van der Waals surface area contributed by atoms with Gasteiger partial charge in [0.15, 0.2) is 5.11 Å². The van der Waals surface area contributed by atoms with Gasteiger partial charge >= 0.3 is 0 Å². The van der Waals surface area contributed by atoms with E-state index in [2.05, 4.69) is 26.4 Å². The van der Waals surface area contributed by atoms with Crippen LogP contribution in [0.4, 0.5) is 5.69 Å². The number of hydrogen-bond acceptors (Lipinski definition) is 4. The van der Waals surface area contributed by atoms with Crippen LogP contribution in [0.15, 0.2) is 18.6 Å². The van der Waals surface area contributed by atoms with E-state index in [-0.39, 0.29) is 24.9 Å². The second-order valence-electron chi connectivity index (χ2n) is 4.80. The molecular weight excluding hydrogens is 338 g/mol. The van der Waals surface area contributed by atoms with Crippen molar-refractivity contribution in [3.8, 4) is 0 Å². The number of carbonyl (C=O) groups excluding carboxylic acids is 1. The van der Waals surface area contributed by atoms with E-state index in [1.54, 1.807) is 23.3 Å². The number of aromatic nitrogens is 4. The van der Waals surface area contributed by atoms with E-state index in [1.807, 2.05) is 25.5 Å². The fourth-order valence-corrected chi connectivity index (χ4v) is 2.07. The van der Waals surface area contributed by atoms with Crippen molar-refractivity contribution in [3.63, 3.8) is 0 Å². The number of thiocarbonyl (C=S) groups is 1. The Balaban J connectivity index is 0.00000264. The van der Waals surface area contributed by atoms with Crippen LogP contribution in [0.5, 0.6) is 0 Å². The first-order chi connectivity index (χ1) is 10.5. The second-order valence-corrected chi connectivity index (χ2v) is 5.21. The number of anilines is 1. The smallest absolute Gasteiger partial charge is 0.260 e. The van der Waals surface area contributed by atoms with E-state index in [4.69, 9.17) is 12.2 Å². The molecule has 3 N–H and O–H groups in total. The van der Waals surface area contributed by atoms with Gasteiger partial charge in [0.25, 0.3) is 5.91 Å². The van der Waals surface area contributed by atoms with Gasteiger partial charge in [-0.2, -0.15) is 10.2 Å². The van der Waals surface area contributed by atoms with Crippen LogP contribution >= 0.6 is 24.6 Å². The molecule has 0 aliphatic carbocycles. The maximum atomic E-state index is 11.8. The molecule has 23 heavy (non-hydrogen) atoms. The zero-order valence-corrected chi connectivity index (χ0v) is 14.8. The number of halogens is 1. The molecule has 0 atom stereocenters. The highest BCUT2D eigenvalue weighted by molar-refractivity contribution is 7.80. The molecule has 0 saturated heterocycles. The lowest BCUT2D eigenvalue weighted by Crippen LogP contribution is -2.45. The van der Waals surface area contributed by atoms with Gasteiger partial charge in [-0.25, -0.2) is 0 Å². The van der Waals surface area contributed by atoms with Crippen molar-refractivity contribution >= 4 is 41.3 Å². The number of carbonyl (C=O) groups is 1. The molecule has 0 bridgehead atoms. The SMILES string of the molecule is CCn1ncc(NC(=S)NNC(=O)Cn2cc(C)cn2)c1C.Cl. The Morgan fingerprint density at radius 2 is 2.00 bits per heavy atom. The van der Waals surface area contributed by atoms with Crippen molar-refractivity contribution < 1.29 is 4.79 Å². The summed E-state index contributed by atoms with van der Waals surface area (Å²) in [5, 5.41) is 11.5. The first-order valence-electron chi connectivity index (χ1n) is 6.87. The van der Waals surface area contributed by atoms with Crippen molar-refractivity contribution in [1.82, 2.24) is 30.4 Å². The molecule has 0 aliphatic rings. The van der Waals surface area contributed by atoms with Crippen LogP contribution in [-0.4, -0.2) is 30.6 Å². The molecule has 2 rings (SSSR count). The number of hydrazine groups is 1. The number of aryl methyl sites for hydroxylation is 2. The predicted octanol–water partition coefficient (Wildman–Crippen LogP) is 1.16. The lowest BCUT2D eigenvalue weighted by Gasteiger charge is -2.11. The number of rotatable bonds is 4. The van der Waals surface area contributed by atoms with Crippen LogP contribution in [0.1, 0.15) is 18.2 Å². The van der Waals surface area contributed by atoms with E-state index in [0.29, 0.717) is 5.11 Å². The number of hydrogen-bond donors (Lipinski definition) is 3. The fraction of sp³-hybridized carbons (Fsp3) is 0.385. The zero-order valence-electron chi connectivity index (χ0n) is 13.2. The number of nitrogens with one attached hydrogen (secondary N) is 3. The molecule has 0 fully saturated rings. The van der Waals surface area contributed by atoms with Crippen molar-refractivity contribution in [2.24, 2.45) is 0 Å². The van der Waals surface area contributed by atoms with Crippen LogP contribution in [0.3, 0.4) is 0 Å². The van der Waals surface area contributed by atoms with Gasteiger partial charge in [0.1, 0.15) is 6.54 Å². The zero-order chi connectivity index (χ0) is 16.1. The van der Waals surface area contributed by atoms with Crippen LogP contribution < -0.4 is 16.2 Å². The molecule has 10 heteroatoms. The molecule has 0 unspecified atom stereocenters. The van der Waals surface area contributed by atoms with Crippen LogP contribution in [0, 0.1) is 13.8 Å². The van der Waals surface area contributed by atoms with Crippen molar-refractivity contribution in [2.45, 2.75) is 33.9 Å². The van der Waals surface area contributed by atoms with Crippen molar-refractivity contribution in [3.05, 3.63) is 29.8 Å². The summed E-state index contributed by atoms with van der Waals surface area (Å²) < 4.78 is 3.40. The highest BCUT2D eigenvalue weighted by Crippen LogP contribution is 2.12. The fourth-order valence-electron chi connectivity index (χ4n) is 1.91.